The molecule has 0 aliphatic heterocycles. The van der Waals surface area contributed by atoms with Crippen LogP contribution in [-0.2, 0) is 6.42 Å². The maximum absolute atomic E-state index is 6.30. The van der Waals surface area contributed by atoms with Crippen molar-refractivity contribution >= 4 is 54.4 Å². The molecule has 4 atom stereocenters. The first-order valence-corrected chi connectivity index (χ1v) is 19.5. The normalized spacial score (nSPS) is 20.3. The molecular weight excluding hydrogens is 643 g/mol. The van der Waals surface area contributed by atoms with Gasteiger partial charge >= 0.3 is 0 Å². The molecule has 4 unspecified atom stereocenters. The SMILES string of the molecule is Cc1cc(Cc2ccc(-c3c4ccccc4c(-c4ccc5oc6ccccc6c5c4)c4cc5c(cc34)C3CC4CC5CC3C4)cc2)c2ccccc2n1. The number of fused-ring (bicyclic) bond motifs is 11. The summed E-state index contributed by atoms with van der Waals surface area (Å²) in [5.74, 6) is 3.14. The molecule has 9 aromatic rings. The van der Waals surface area contributed by atoms with E-state index in [0.717, 1.165) is 40.6 Å². The average Bonchev–Trinajstić information content (AvgIpc) is 3.68. The molecule has 2 nitrogen and oxygen atoms in total. The van der Waals surface area contributed by atoms with Gasteiger partial charge in [0, 0.05) is 21.9 Å². The van der Waals surface area contributed by atoms with Crippen molar-refractivity contribution in [1.82, 2.24) is 4.98 Å². The summed E-state index contributed by atoms with van der Waals surface area (Å²) in [6.07, 6.45) is 6.42. The van der Waals surface area contributed by atoms with Gasteiger partial charge in [0.25, 0.3) is 0 Å². The number of nitrogens with zero attached hydrogens (tertiary/aromatic N) is 1. The molecule has 3 aliphatic carbocycles. The number of benzene rings is 7. The van der Waals surface area contributed by atoms with Gasteiger partial charge in [0.1, 0.15) is 11.2 Å². The predicted octanol–water partition coefficient (Wildman–Crippen LogP) is 13.7. The van der Waals surface area contributed by atoms with Gasteiger partial charge in [-0.3, -0.25) is 4.98 Å². The van der Waals surface area contributed by atoms with Crippen LogP contribution < -0.4 is 0 Å². The third-order valence-corrected chi connectivity index (χ3v) is 13.3. The fraction of sp³-hybridized carbons (Fsp3) is 0.196. The van der Waals surface area contributed by atoms with Crippen molar-refractivity contribution in [3.63, 3.8) is 0 Å². The summed E-state index contributed by atoms with van der Waals surface area (Å²) in [5.41, 5.74) is 15.2. The molecule has 0 saturated heterocycles. The summed E-state index contributed by atoms with van der Waals surface area (Å²) >= 11 is 0. The molecule has 3 aliphatic rings. The number of para-hydroxylation sites is 2. The lowest BCUT2D eigenvalue weighted by molar-refractivity contribution is 0.297. The van der Waals surface area contributed by atoms with Crippen LogP contribution in [0.25, 0.3) is 76.6 Å². The van der Waals surface area contributed by atoms with E-state index in [0.29, 0.717) is 11.8 Å². The molecule has 53 heavy (non-hydrogen) atoms. The van der Waals surface area contributed by atoms with Gasteiger partial charge in [0.2, 0.25) is 0 Å². The minimum atomic E-state index is 0.687. The van der Waals surface area contributed by atoms with Crippen molar-refractivity contribution in [2.24, 2.45) is 11.8 Å². The Labute approximate surface area is 309 Å². The van der Waals surface area contributed by atoms with Gasteiger partial charge < -0.3 is 4.42 Å². The number of hydrogen-bond donors (Lipinski definition) is 0. The van der Waals surface area contributed by atoms with E-state index in [9.17, 15) is 0 Å². The fourth-order valence-corrected chi connectivity index (χ4v) is 11.2. The van der Waals surface area contributed by atoms with E-state index in [2.05, 4.69) is 140 Å². The second-order valence-corrected chi connectivity index (χ2v) is 16.3. The first-order valence-electron chi connectivity index (χ1n) is 19.5. The highest BCUT2D eigenvalue weighted by atomic mass is 16.3. The zero-order chi connectivity index (χ0) is 34.8. The van der Waals surface area contributed by atoms with Gasteiger partial charge in [-0.15, -0.1) is 0 Å². The Morgan fingerprint density at radius 2 is 1.23 bits per heavy atom. The highest BCUT2D eigenvalue weighted by molar-refractivity contribution is 6.22. The number of furan rings is 1. The molecule has 254 valence electrons. The maximum atomic E-state index is 6.30. The van der Waals surface area contributed by atoms with Crippen molar-refractivity contribution in [1.29, 1.82) is 0 Å². The Kier molecular flexibility index (Phi) is 6.26. The minimum absolute atomic E-state index is 0.687. The lowest BCUT2D eigenvalue weighted by Crippen LogP contribution is -2.22. The third-order valence-electron chi connectivity index (χ3n) is 13.3. The van der Waals surface area contributed by atoms with Gasteiger partial charge in [0.05, 0.1) is 5.52 Å². The number of rotatable bonds is 4. The molecule has 12 rings (SSSR count). The lowest BCUT2D eigenvalue weighted by Gasteiger charge is -2.37. The molecule has 2 heterocycles. The molecule has 2 heteroatoms. The first kappa shape index (κ1) is 29.8. The largest absolute Gasteiger partial charge is 0.456 e. The fourth-order valence-electron chi connectivity index (χ4n) is 11.2. The molecule has 0 spiro atoms. The molecule has 3 bridgehead atoms. The second-order valence-electron chi connectivity index (χ2n) is 16.3. The molecule has 7 aromatic carbocycles. The number of hydrogen-bond acceptors (Lipinski definition) is 2. The molecule has 0 radical (unpaired) electrons. The topological polar surface area (TPSA) is 26.0 Å². The van der Waals surface area contributed by atoms with Crippen LogP contribution >= 0.6 is 0 Å². The highest BCUT2D eigenvalue weighted by Gasteiger charge is 2.47. The van der Waals surface area contributed by atoms with Gasteiger partial charge in [-0.1, -0.05) is 91.0 Å². The van der Waals surface area contributed by atoms with Crippen LogP contribution in [0.1, 0.15) is 65.5 Å². The Balaban J connectivity index is 1.09. The Hall–Kier alpha value is -5.73. The Morgan fingerprint density at radius 1 is 0.547 bits per heavy atom. The van der Waals surface area contributed by atoms with Crippen LogP contribution in [0, 0.1) is 18.8 Å². The molecule has 2 saturated carbocycles. The van der Waals surface area contributed by atoms with Crippen molar-refractivity contribution in [3.8, 4) is 22.3 Å². The minimum Gasteiger partial charge on any atom is -0.456 e. The van der Waals surface area contributed by atoms with E-state index in [-0.39, 0.29) is 0 Å². The van der Waals surface area contributed by atoms with E-state index < -0.39 is 0 Å². The summed E-state index contributed by atoms with van der Waals surface area (Å²) in [7, 11) is 0. The number of aryl methyl sites for hydroxylation is 1. The summed E-state index contributed by atoms with van der Waals surface area (Å²) in [5, 5.41) is 9.00. The average molecular weight is 682 g/mol. The zero-order valence-electron chi connectivity index (χ0n) is 29.9. The lowest BCUT2D eigenvalue weighted by atomic mass is 9.68. The third kappa shape index (κ3) is 4.48. The summed E-state index contributed by atoms with van der Waals surface area (Å²) in [4.78, 5) is 4.80. The van der Waals surface area contributed by atoms with Crippen LogP contribution in [0.4, 0.5) is 0 Å². The van der Waals surface area contributed by atoms with Crippen molar-refractivity contribution in [3.05, 3.63) is 161 Å². The van der Waals surface area contributed by atoms with E-state index in [1.54, 1.807) is 11.1 Å². The summed E-state index contributed by atoms with van der Waals surface area (Å²) in [6.45, 7) is 2.10. The number of aromatic nitrogens is 1. The maximum Gasteiger partial charge on any atom is 0.135 e. The van der Waals surface area contributed by atoms with Crippen LogP contribution in [0.2, 0.25) is 0 Å². The van der Waals surface area contributed by atoms with Gasteiger partial charge in [-0.2, -0.15) is 0 Å². The summed E-state index contributed by atoms with van der Waals surface area (Å²) in [6, 6.07) is 50.0. The smallest absolute Gasteiger partial charge is 0.135 e. The Morgan fingerprint density at radius 3 is 2.06 bits per heavy atom. The van der Waals surface area contributed by atoms with Crippen molar-refractivity contribution < 1.29 is 4.42 Å². The van der Waals surface area contributed by atoms with Crippen LogP contribution in [0.5, 0.6) is 0 Å². The highest BCUT2D eigenvalue weighted by Crippen LogP contribution is 2.61. The van der Waals surface area contributed by atoms with Crippen LogP contribution in [0.15, 0.2) is 138 Å². The van der Waals surface area contributed by atoms with E-state index in [1.165, 1.54) is 96.8 Å². The van der Waals surface area contributed by atoms with Crippen LogP contribution in [-0.4, -0.2) is 4.98 Å². The number of pyridine rings is 1. The monoisotopic (exact) mass is 681 g/mol. The van der Waals surface area contributed by atoms with Crippen molar-refractivity contribution in [2.75, 3.05) is 0 Å². The first-order chi connectivity index (χ1) is 26.1. The molecule has 2 aromatic heterocycles. The van der Waals surface area contributed by atoms with Gasteiger partial charge in [-0.25, -0.2) is 0 Å². The zero-order valence-corrected chi connectivity index (χ0v) is 29.9. The second kappa shape index (κ2) is 11.1. The molecule has 2 fully saturated rings. The standard InChI is InChI=1S/C51H39NO/c1-29-20-34(37-8-4-6-12-47(37)52-29)21-30-14-16-32(17-15-30)50-39-10-2-3-11-40(39)51(33-18-19-49-44(26-33)38-9-5-7-13-48(38)53-49)45-27-42-36-23-31-22-35(25-36)41(24-31)43(42)28-46(45)50/h2-20,26-28,31,35-36,41H,21-25H2,1H3. The Bertz CT molecular complexity index is 2960. The van der Waals surface area contributed by atoms with E-state index in [4.69, 9.17) is 9.40 Å². The predicted molar refractivity (Wildman–Crippen MR) is 220 cm³/mol. The molecule has 0 N–H and O–H groups in total. The van der Waals surface area contributed by atoms with Gasteiger partial charge in [-0.05, 0) is 171 Å². The molecule has 0 amide bonds. The van der Waals surface area contributed by atoms with Gasteiger partial charge in [0.15, 0.2) is 0 Å². The quantitative estimate of drug-likeness (QED) is 0.173. The summed E-state index contributed by atoms with van der Waals surface area (Å²) < 4.78 is 6.30. The van der Waals surface area contributed by atoms with E-state index in [1.807, 2.05) is 0 Å². The van der Waals surface area contributed by atoms with Crippen molar-refractivity contribution in [2.45, 2.75) is 50.9 Å². The van der Waals surface area contributed by atoms with E-state index >= 15 is 0 Å². The molecular formula is C51H39NO. The van der Waals surface area contributed by atoms with Crippen LogP contribution in [0.3, 0.4) is 0 Å².